The quantitative estimate of drug-likeness (QED) is 0.372. The molecule has 22 heavy (non-hydrogen) atoms. The number of aliphatic imine (C=N–C) groups is 1. The lowest BCUT2D eigenvalue weighted by atomic mass is 10.0. The van der Waals surface area contributed by atoms with Crippen LogP contribution in [-0.4, -0.2) is 23.7 Å². The van der Waals surface area contributed by atoms with Crippen LogP contribution in [0.25, 0.3) is 0 Å². The van der Waals surface area contributed by atoms with E-state index in [0.717, 1.165) is 31.7 Å². The van der Waals surface area contributed by atoms with E-state index in [9.17, 15) is 5.11 Å². The second kappa shape index (κ2) is 10.1. The van der Waals surface area contributed by atoms with E-state index in [0.29, 0.717) is 17.8 Å². The van der Waals surface area contributed by atoms with Gasteiger partial charge in [0.25, 0.3) is 0 Å². The summed E-state index contributed by atoms with van der Waals surface area (Å²) in [5, 5.41) is 12.5. The summed E-state index contributed by atoms with van der Waals surface area (Å²) in [6.07, 6.45) is 5.51. The van der Waals surface area contributed by atoms with E-state index < -0.39 is 0 Å². The highest BCUT2D eigenvalue weighted by atomic mass is 16.3. The smallest absolute Gasteiger partial charge is 0.188 e. The minimum atomic E-state index is 0.307. The summed E-state index contributed by atoms with van der Waals surface area (Å²) in [6, 6.07) is 7.69. The zero-order valence-corrected chi connectivity index (χ0v) is 14.2. The molecular weight excluding hydrogens is 274 g/mol. The minimum Gasteiger partial charge on any atom is -0.508 e. The Morgan fingerprint density at radius 3 is 2.45 bits per heavy atom. The van der Waals surface area contributed by atoms with Gasteiger partial charge in [0.15, 0.2) is 5.96 Å². The van der Waals surface area contributed by atoms with Gasteiger partial charge in [0, 0.05) is 12.6 Å². The average Bonchev–Trinajstić information content (AvgIpc) is 2.45. The molecule has 4 N–H and O–H groups in total. The maximum atomic E-state index is 9.23. The Balaban J connectivity index is 2.18. The lowest BCUT2D eigenvalue weighted by Crippen LogP contribution is -2.38. The van der Waals surface area contributed by atoms with Crippen molar-refractivity contribution in [3.8, 4) is 5.75 Å². The molecule has 0 saturated heterocycles. The molecule has 0 amide bonds. The Hall–Kier alpha value is -1.71. The molecule has 0 radical (unpaired) electrons. The van der Waals surface area contributed by atoms with Crippen molar-refractivity contribution in [3.05, 3.63) is 29.8 Å². The van der Waals surface area contributed by atoms with E-state index in [4.69, 9.17) is 5.73 Å². The molecule has 0 aliphatic heterocycles. The van der Waals surface area contributed by atoms with Crippen molar-refractivity contribution in [2.24, 2.45) is 16.6 Å². The van der Waals surface area contributed by atoms with Gasteiger partial charge in [-0.15, -0.1) is 0 Å². The lowest BCUT2D eigenvalue weighted by Gasteiger charge is -2.15. The average molecular weight is 305 g/mol. The van der Waals surface area contributed by atoms with E-state index >= 15 is 0 Å². The summed E-state index contributed by atoms with van der Waals surface area (Å²) in [5.41, 5.74) is 7.12. The molecule has 4 heteroatoms. The highest BCUT2D eigenvalue weighted by Crippen LogP contribution is 2.11. The highest BCUT2D eigenvalue weighted by Gasteiger charge is 2.03. The lowest BCUT2D eigenvalue weighted by molar-refractivity contribution is 0.475. The molecule has 1 aromatic carbocycles. The van der Waals surface area contributed by atoms with Crippen LogP contribution in [0.5, 0.6) is 5.75 Å². The number of aromatic hydroxyl groups is 1. The molecule has 0 aliphatic carbocycles. The van der Waals surface area contributed by atoms with Gasteiger partial charge in [-0.25, -0.2) is 0 Å². The summed E-state index contributed by atoms with van der Waals surface area (Å²) < 4.78 is 0. The van der Waals surface area contributed by atoms with Crippen molar-refractivity contribution in [3.63, 3.8) is 0 Å². The molecule has 0 fully saturated rings. The van der Waals surface area contributed by atoms with Crippen LogP contribution in [0.3, 0.4) is 0 Å². The van der Waals surface area contributed by atoms with Crippen molar-refractivity contribution in [2.75, 3.05) is 6.54 Å². The number of nitrogens with two attached hydrogens (primary N) is 1. The summed E-state index contributed by atoms with van der Waals surface area (Å²) in [4.78, 5) is 4.37. The Bertz CT molecular complexity index is 440. The molecule has 0 aliphatic rings. The van der Waals surface area contributed by atoms with Gasteiger partial charge in [-0.05, 0) is 49.8 Å². The number of benzene rings is 1. The predicted octanol–water partition coefficient (Wildman–Crippen LogP) is 3.44. The number of nitrogens with zero attached hydrogens (tertiary/aromatic N) is 1. The van der Waals surface area contributed by atoms with Gasteiger partial charge in [-0.3, -0.25) is 4.99 Å². The Morgan fingerprint density at radius 2 is 1.82 bits per heavy atom. The number of guanidine groups is 1. The van der Waals surface area contributed by atoms with Crippen LogP contribution < -0.4 is 11.1 Å². The second-order valence-electron chi connectivity index (χ2n) is 6.41. The number of rotatable bonds is 9. The zero-order valence-electron chi connectivity index (χ0n) is 14.2. The van der Waals surface area contributed by atoms with Crippen molar-refractivity contribution < 1.29 is 5.11 Å². The molecule has 4 nitrogen and oxygen atoms in total. The van der Waals surface area contributed by atoms with Crippen LogP contribution in [0.2, 0.25) is 0 Å². The predicted molar refractivity (Wildman–Crippen MR) is 94.2 cm³/mol. The van der Waals surface area contributed by atoms with Crippen molar-refractivity contribution in [1.82, 2.24) is 5.32 Å². The van der Waals surface area contributed by atoms with E-state index in [1.165, 1.54) is 18.4 Å². The molecule has 0 aromatic heterocycles. The van der Waals surface area contributed by atoms with Gasteiger partial charge in [0.2, 0.25) is 0 Å². The zero-order chi connectivity index (χ0) is 16.4. The Labute approximate surface area is 134 Å². The van der Waals surface area contributed by atoms with Crippen molar-refractivity contribution in [1.29, 1.82) is 0 Å². The number of hydrogen-bond acceptors (Lipinski definition) is 2. The number of hydrogen-bond donors (Lipinski definition) is 3. The van der Waals surface area contributed by atoms with Gasteiger partial charge in [-0.1, -0.05) is 38.8 Å². The standard InChI is InChI=1S/C18H31N3O/c1-14(2)6-4-7-15(3)21-18(19)20-13-5-8-16-9-11-17(22)12-10-16/h9-12,14-15,22H,4-8,13H2,1-3H3,(H3,19,20,21). The molecule has 0 spiro atoms. The molecule has 1 aromatic rings. The molecule has 0 heterocycles. The van der Waals surface area contributed by atoms with Crippen LogP contribution in [0.4, 0.5) is 0 Å². The van der Waals surface area contributed by atoms with Crippen LogP contribution in [-0.2, 0) is 6.42 Å². The van der Waals surface area contributed by atoms with E-state index in [1.807, 2.05) is 12.1 Å². The largest absolute Gasteiger partial charge is 0.508 e. The first-order chi connectivity index (χ1) is 10.5. The normalized spacial score (nSPS) is 13.4. The number of phenolic OH excluding ortho intramolecular Hbond substituents is 1. The van der Waals surface area contributed by atoms with Crippen LogP contribution >= 0.6 is 0 Å². The van der Waals surface area contributed by atoms with Crippen LogP contribution in [0, 0.1) is 5.92 Å². The van der Waals surface area contributed by atoms with E-state index in [-0.39, 0.29) is 0 Å². The molecule has 124 valence electrons. The Morgan fingerprint density at radius 1 is 1.14 bits per heavy atom. The first-order valence-electron chi connectivity index (χ1n) is 8.31. The van der Waals surface area contributed by atoms with Crippen molar-refractivity contribution >= 4 is 5.96 Å². The van der Waals surface area contributed by atoms with Gasteiger partial charge in [-0.2, -0.15) is 0 Å². The first-order valence-corrected chi connectivity index (χ1v) is 8.31. The third kappa shape index (κ3) is 8.55. The number of phenols is 1. The number of aryl methyl sites for hydroxylation is 1. The van der Waals surface area contributed by atoms with Crippen molar-refractivity contribution in [2.45, 2.75) is 58.9 Å². The van der Waals surface area contributed by atoms with Gasteiger partial charge in [0.05, 0.1) is 0 Å². The number of nitrogens with one attached hydrogen (secondary N) is 1. The first kappa shape index (κ1) is 18.3. The summed E-state index contributed by atoms with van der Waals surface area (Å²) in [7, 11) is 0. The molecule has 0 saturated carbocycles. The Kier molecular flexibility index (Phi) is 8.41. The summed E-state index contributed by atoms with van der Waals surface area (Å²) in [5.74, 6) is 1.61. The minimum absolute atomic E-state index is 0.307. The highest BCUT2D eigenvalue weighted by molar-refractivity contribution is 5.78. The second-order valence-corrected chi connectivity index (χ2v) is 6.41. The monoisotopic (exact) mass is 305 g/mol. The molecule has 0 bridgehead atoms. The molecular formula is C18H31N3O. The maximum Gasteiger partial charge on any atom is 0.188 e. The molecule has 1 rings (SSSR count). The van der Waals surface area contributed by atoms with Crippen LogP contribution in [0.15, 0.2) is 29.3 Å². The molecule has 1 atom stereocenters. The fraction of sp³-hybridized carbons (Fsp3) is 0.611. The van der Waals surface area contributed by atoms with Crippen LogP contribution in [0.1, 0.15) is 52.0 Å². The van der Waals surface area contributed by atoms with Gasteiger partial charge < -0.3 is 16.2 Å². The van der Waals surface area contributed by atoms with Gasteiger partial charge in [0.1, 0.15) is 5.75 Å². The topological polar surface area (TPSA) is 70.6 Å². The molecule has 1 unspecified atom stereocenters. The fourth-order valence-electron chi connectivity index (χ4n) is 2.35. The maximum absolute atomic E-state index is 9.23. The fourth-order valence-corrected chi connectivity index (χ4v) is 2.35. The SMILES string of the molecule is CC(C)CCCC(C)NC(N)=NCCCc1ccc(O)cc1. The summed E-state index contributed by atoms with van der Waals surface area (Å²) in [6.45, 7) is 7.38. The third-order valence-electron chi connectivity index (χ3n) is 3.65. The summed E-state index contributed by atoms with van der Waals surface area (Å²) >= 11 is 0. The van der Waals surface area contributed by atoms with Gasteiger partial charge >= 0.3 is 0 Å². The third-order valence-corrected chi connectivity index (χ3v) is 3.65. The van der Waals surface area contributed by atoms with E-state index in [2.05, 4.69) is 31.1 Å². The van der Waals surface area contributed by atoms with E-state index in [1.54, 1.807) is 12.1 Å².